The third-order valence-electron chi connectivity index (χ3n) is 4.52. The summed E-state index contributed by atoms with van der Waals surface area (Å²) in [6.07, 6.45) is 2.30. The van der Waals surface area contributed by atoms with Gasteiger partial charge in [0.25, 0.3) is 0 Å². The number of aromatic amines is 1. The largest absolute Gasteiger partial charge is 0.438 e. The molecule has 2 aromatic carbocycles. The van der Waals surface area contributed by atoms with Crippen LogP contribution in [0.3, 0.4) is 0 Å². The Bertz CT molecular complexity index is 1080. The molecule has 6 heteroatoms. The van der Waals surface area contributed by atoms with Gasteiger partial charge in [-0.05, 0) is 12.1 Å². The fourth-order valence-electron chi connectivity index (χ4n) is 3.33. The second-order valence-electron chi connectivity index (χ2n) is 6.13. The van der Waals surface area contributed by atoms with E-state index in [-0.39, 0.29) is 5.75 Å². The Morgan fingerprint density at radius 1 is 1.12 bits per heavy atom. The lowest BCUT2D eigenvalue weighted by molar-refractivity contribution is 0.351. The highest BCUT2D eigenvalue weighted by Crippen LogP contribution is 2.34. The first kappa shape index (κ1) is 14.2. The van der Waals surface area contributed by atoms with Crippen LogP contribution in [0.25, 0.3) is 10.9 Å². The molecule has 1 aromatic heterocycles. The summed E-state index contributed by atoms with van der Waals surface area (Å²) in [6.45, 7) is 0.425. The van der Waals surface area contributed by atoms with E-state index < -0.39 is 11.6 Å². The van der Waals surface area contributed by atoms with E-state index in [1.807, 2.05) is 30.5 Å². The number of ether oxygens (including phenoxy) is 1. The zero-order valence-corrected chi connectivity index (χ0v) is 13.1. The average Bonchev–Trinajstić information content (AvgIpc) is 3.04. The highest BCUT2D eigenvalue weighted by Gasteiger charge is 2.27. The van der Waals surface area contributed by atoms with E-state index in [1.165, 1.54) is 6.07 Å². The molecule has 0 fully saturated rings. The van der Waals surface area contributed by atoms with E-state index >= 15 is 0 Å². The molecule has 0 unspecified atom stereocenters. The number of rotatable bonds is 1. The summed E-state index contributed by atoms with van der Waals surface area (Å²) in [5.41, 5.74) is 3.32. The van der Waals surface area contributed by atoms with Crippen molar-refractivity contribution in [2.75, 3.05) is 6.54 Å². The van der Waals surface area contributed by atoms with Crippen LogP contribution in [0.4, 0.5) is 8.78 Å². The normalized spacial score (nSPS) is 16.0. The number of hydrogen-bond donors (Lipinski definition) is 2. The molecule has 0 radical (unpaired) electrons. The third-order valence-corrected chi connectivity index (χ3v) is 4.52. The highest BCUT2D eigenvalue weighted by molar-refractivity contribution is 6.10. The second kappa shape index (κ2) is 5.17. The van der Waals surface area contributed by atoms with Crippen LogP contribution in [0.5, 0.6) is 5.75 Å². The van der Waals surface area contributed by atoms with Crippen molar-refractivity contribution in [2.45, 2.75) is 6.42 Å². The van der Waals surface area contributed by atoms with E-state index in [1.54, 1.807) is 0 Å². The molecule has 0 spiro atoms. The molecule has 0 bridgehead atoms. The number of benzene rings is 2. The topological polar surface area (TPSA) is 49.4 Å². The van der Waals surface area contributed by atoms with Gasteiger partial charge in [0.1, 0.15) is 11.7 Å². The zero-order valence-electron chi connectivity index (χ0n) is 13.1. The lowest BCUT2D eigenvalue weighted by Gasteiger charge is -2.27. The Morgan fingerprint density at radius 2 is 2.00 bits per heavy atom. The van der Waals surface area contributed by atoms with Gasteiger partial charge in [0.2, 0.25) is 5.88 Å². The SMILES string of the molecule is Fc1cc(F)c2c(c1)CC1=C(NC(c3c[nH]c4ccccc34)=NC1)O2. The van der Waals surface area contributed by atoms with Gasteiger partial charge >= 0.3 is 0 Å². The van der Waals surface area contributed by atoms with Gasteiger partial charge in [0.15, 0.2) is 11.6 Å². The van der Waals surface area contributed by atoms with Crippen LogP contribution in [0.1, 0.15) is 11.1 Å². The lowest BCUT2D eigenvalue weighted by Crippen LogP contribution is -2.34. The minimum Gasteiger partial charge on any atom is -0.438 e. The number of hydrogen-bond acceptors (Lipinski definition) is 3. The first-order valence-electron chi connectivity index (χ1n) is 7.95. The number of aliphatic imine (C=N–C) groups is 1. The Balaban J connectivity index is 1.50. The maximum atomic E-state index is 14.0. The van der Waals surface area contributed by atoms with Gasteiger partial charge in [0, 0.05) is 46.3 Å². The number of fused-ring (bicyclic) bond motifs is 2. The third kappa shape index (κ3) is 2.21. The second-order valence-corrected chi connectivity index (χ2v) is 6.13. The molecule has 5 rings (SSSR count). The van der Waals surface area contributed by atoms with Crippen molar-refractivity contribution < 1.29 is 13.5 Å². The molecule has 25 heavy (non-hydrogen) atoms. The molecular formula is C19H13F2N3O. The van der Waals surface area contributed by atoms with Crippen LogP contribution in [0.15, 0.2) is 59.0 Å². The number of aromatic nitrogens is 1. The minimum absolute atomic E-state index is 0.0767. The fraction of sp³-hybridized carbons (Fsp3) is 0.105. The molecule has 124 valence electrons. The van der Waals surface area contributed by atoms with Crippen molar-refractivity contribution in [3.8, 4) is 5.75 Å². The van der Waals surface area contributed by atoms with Crippen molar-refractivity contribution in [3.05, 3.63) is 76.8 Å². The van der Waals surface area contributed by atoms with E-state index in [9.17, 15) is 8.78 Å². The van der Waals surface area contributed by atoms with Crippen LogP contribution < -0.4 is 10.1 Å². The standard InChI is InChI=1S/C19H13F2N3O/c20-12-6-10-5-11-8-23-18(24-19(11)25-17(10)15(21)7-12)14-9-22-16-4-2-1-3-13(14)16/h1-4,6-7,9,22H,5,8H2,(H,23,24). The Morgan fingerprint density at radius 3 is 2.92 bits per heavy atom. The summed E-state index contributed by atoms with van der Waals surface area (Å²) in [5.74, 6) is -0.0709. The number of amidine groups is 1. The van der Waals surface area contributed by atoms with E-state index in [2.05, 4.69) is 15.3 Å². The first-order valence-corrected chi connectivity index (χ1v) is 7.95. The highest BCUT2D eigenvalue weighted by atomic mass is 19.1. The molecule has 2 aliphatic rings. The van der Waals surface area contributed by atoms with Crippen LogP contribution in [0, 0.1) is 11.6 Å². The molecule has 0 saturated heterocycles. The summed E-state index contributed by atoms with van der Waals surface area (Å²) in [4.78, 5) is 7.79. The average molecular weight is 337 g/mol. The smallest absolute Gasteiger partial charge is 0.200 e. The molecule has 0 saturated carbocycles. The Hall–Kier alpha value is -3.15. The summed E-state index contributed by atoms with van der Waals surface area (Å²) in [6, 6.07) is 10.1. The molecule has 3 heterocycles. The Kier molecular flexibility index (Phi) is 2.94. The van der Waals surface area contributed by atoms with Crippen LogP contribution in [-0.4, -0.2) is 17.4 Å². The molecule has 0 atom stereocenters. The van der Waals surface area contributed by atoms with Gasteiger partial charge in [-0.1, -0.05) is 18.2 Å². The summed E-state index contributed by atoms with van der Waals surface area (Å²) in [5, 5.41) is 4.20. The monoisotopic (exact) mass is 337 g/mol. The van der Waals surface area contributed by atoms with Crippen LogP contribution in [-0.2, 0) is 6.42 Å². The first-order chi connectivity index (χ1) is 12.2. The number of halogens is 2. The van der Waals surface area contributed by atoms with Crippen molar-refractivity contribution in [1.82, 2.24) is 10.3 Å². The van der Waals surface area contributed by atoms with Crippen molar-refractivity contribution in [3.63, 3.8) is 0 Å². The fourth-order valence-corrected chi connectivity index (χ4v) is 3.33. The Labute approximate surface area is 141 Å². The molecule has 2 aliphatic heterocycles. The maximum Gasteiger partial charge on any atom is 0.200 e. The number of para-hydroxylation sites is 1. The van der Waals surface area contributed by atoms with E-state index in [4.69, 9.17) is 4.74 Å². The van der Waals surface area contributed by atoms with Gasteiger partial charge < -0.3 is 15.0 Å². The number of nitrogens with zero attached hydrogens (tertiary/aromatic N) is 1. The molecule has 0 amide bonds. The minimum atomic E-state index is -0.695. The quantitative estimate of drug-likeness (QED) is 0.712. The van der Waals surface area contributed by atoms with Crippen molar-refractivity contribution in [2.24, 2.45) is 4.99 Å². The van der Waals surface area contributed by atoms with Gasteiger partial charge in [0.05, 0.1) is 6.54 Å². The van der Waals surface area contributed by atoms with E-state index in [0.29, 0.717) is 30.2 Å². The lowest BCUT2D eigenvalue weighted by atomic mass is 10.0. The van der Waals surface area contributed by atoms with Gasteiger partial charge in [-0.25, -0.2) is 8.78 Å². The van der Waals surface area contributed by atoms with Crippen molar-refractivity contribution >= 4 is 16.7 Å². The zero-order chi connectivity index (χ0) is 17.0. The van der Waals surface area contributed by atoms with Gasteiger partial charge in [-0.3, -0.25) is 4.99 Å². The molecular weight excluding hydrogens is 324 g/mol. The van der Waals surface area contributed by atoms with Crippen molar-refractivity contribution in [1.29, 1.82) is 0 Å². The summed E-state index contributed by atoms with van der Waals surface area (Å²) < 4.78 is 33.1. The number of H-pyrrole nitrogens is 1. The maximum absolute atomic E-state index is 14.0. The predicted molar refractivity (Wildman–Crippen MR) is 90.6 cm³/mol. The molecule has 4 nitrogen and oxygen atoms in total. The van der Waals surface area contributed by atoms with Crippen LogP contribution >= 0.6 is 0 Å². The molecule has 2 N–H and O–H groups in total. The predicted octanol–water partition coefficient (Wildman–Crippen LogP) is 3.64. The summed E-state index contributed by atoms with van der Waals surface area (Å²) >= 11 is 0. The van der Waals surface area contributed by atoms with Crippen LogP contribution in [0.2, 0.25) is 0 Å². The molecule has 0 aliphatic carbocycles. The summed E-state index contributed by atoms with van der Waals surface area (Å²) in [7, 11) is 0. The number of nitrogens with one attached hydrogen (secondary N) is 2. The van der Waals surface area contributed by atoms with Gasteiger partial charge in [-0.15, -0.1) is 0 Å². The van der Waals surface area contributed by atoms with Gasteiger partial charge in [-0.2, -0.15) is 0 Å². The molecule has 3 aromatic rings. The van der Waals surface area contributed by atoms with E-state index in [0.717, 1.165) is 28.1 Å².